The van der Waals surface area contributed by atoms with Crippen LogP contribution in [-0.2, 0) is 6.54 Å². The number of aromatic amines is 1. The van der Waals surface area contributed by atoms with Gasteiger partial charge >= 0.3 is 0 Å². The fourth-order valence-electron chi connectivity index (χ4n) is 4.12. The van der Waals surface area contributed by atoms with Gasteiger partial charge in [0.2, 0.25) is 5.92 Å². The second-order valence-corrected chi connectivity index (χ2v) is 8.26. The smallest absolute Gasteiger partial charge is 0.248 e. The molecule has 1 saturated carbocycles. The van der Waals surface area contributed by atoms with E-state index in [9.17, 15) is 13.2 Å². The van der Waals surface area contributed by atoms with Crippen LogP contribution in [0.3, 0.4) is 0 Å². The molecule has 1 N–H and O–H groups in total. The number of nitrogens with one attached hydrogen (secondary N) is 1. The third-order valence-electron chi connectivity index (χ3n) is 6.00. The number of nitrogens with zero attached hydrogens (tertiary/aromatic N) is 3. The minimum atomic E-state index is -2.62. The molecule has 1 fully saturated rings. The van der Waals surface area contributed by atoms with Crippen LogP contribution in [0.15, 0.2) is 18.2 Å². The molecule has 8 heteroatoms. The highest BCUT2D eigenvalue weighted by molar-refractivity contribution is 5.68. The molecule has 1 aliphatic carbocycles. The highest BCUT2D eigenvalue weighted by atomic mass is 19.3. The third-order valence-corrected chi connectivity index (χ3v) is 6.00. The molecule has 1 aromatic heterocycles. The minimum absolute atomic E-state index is 0.110. The molecule has 1 aliphatic heterocycles. The van der Waals surface area contributed by atoms with Crippen molar-refractivity contribution in [3.05, 3.63) is 41.1 Å². The number of ether oxygens (including phenoxy) is 1. The summed E-state index contributed by atoms with van der Waals surface area (Å²) in [6.45, 7) is 7.79. The quantitative estimate of drug-likeness (QED) is 0.671. The molecule has 0 bridgehead atoms. The van der Waals surface area contributed by atoms with Gasteiger partial charge in [-0.05, 0) is 50.1 Å². The summed E-state index contributed by atoms with van der Waals surface area (Å²) in [5, 5.41) is 0. The first-order chi connectivity index (χ1) is 14.9. The van der Waals surface area contributed by atoms with Gasteiger partial charge in [0.05, 0.1) is 18.5 Å². The van der Waals surface area contributed by atoms with Crippen molar-refractivity contribution in [2.24, 2.45) is 0 Å². The van der Waals surface area contributed by atoms with E-state index in [1.54, 1.807) is 18.2 Å². The van der Waals surface area contributed by atoms with Gasteiger partial charge in [-0.25, -0.2) is 18.2 Å². The van der Waals surface area contributed by atoms with E-state index in [1.165, 1.54) is 6.07 Å². The van der Waals surface area contributed by atoms with Crippen LogP contribution in [0.5, 0.6) is 5.75 Å². The van der Waals surface area contributed by atoms with Crippen LogP contribution in [0.4, 0.5) is 19.0 Å². The van der Waals surface area contributed by atoms with E-state index in [1.807, 2.05) is 6.08 Å². The van der Waals surface area contributed by atoms with Crippen LogP contribution >= 0.6 is 0 Å². The van der Waals surface area contributed by atoms with Crippen LogP contribution in [0, 0.1) is 5.82 Å². The Bertz CT molecular complexity index is 933. The summed E-state index contributed by atoms with van der Waals surface area (Å²) >= 11 is 0. The molecule has 168 valence electrons. The zero-order chi connectivity index (χ0) is 22.0. The lowest BCUT2D eigenvalue weighted by atomic mass is 9.94. The molecule has 5 nitrogen and oxygen atoms in total. The van der Waals surface area contributed by atoms with Gasteiger partial charge in [0.25, 0.3) is 0 Å². The molecule has 0 atom stereocenters. The highest BCUT2D eigenvalue weighted by Gasteiger charge is 2.36. The summed E-state index contributed by atoms with van der Waals surface area (Å²) in [7, 11) is 0. The number of aromatic nitrogens is 2. The van der Waals surface area contributed by atoms with Gasteiger partial charge in [-0.3, -0.25) is 4.90 Å². The summed E-state index contributed by atoms with van der Waals surface area (Å²) < 4.78 is 46.7. The zero-order valence-corrected chi connectivity index (χ0v) is 18.0. The monoisotopic (exact) mass is 434 g/mol. The summed E-state index contributed by atoms with van der Waals surface area (Å²) in [6.07, 6.45) is 3.32. The largest absolute Gasteiger partial charge is 0.487 e. The lowest BCUT2D eigenvalue weighted by molar-refractivity contribution is -0.0586. The fraction of sp³-hybridized carbons (Fsp3) is 0.522. The molecular weight excluding hydrogens is 405 g/mol. The summed E-state index contributed by atoms with van der Waals surface area (Å²) in [4.78, 5) is 12.6. The number of benzene rings is 1. The molecular formula is C23H29F3N4O. The maximum Gasteiger partial charge on any atom is 0.248 e. The van der Waals surface area contributed by atoms with Crippen molar-refractivity contribution in [1.29, 1.82) is 0 Å². The molecule has 4 rings (SSSR count). The number of hydrogen-bond acceptors (Lipinski definition) is 4. The highest BCUT2D eigenvalue weighted by Crippen LogP contribution is 2.35. The van der Waals surface area contributed by atoms with Crippen LogP contribution < -0.4 is 9.64 Å². The average Bonchev–Trinajstić information content (AvgIpc) is 3.17. The van der Waals surface area contributed by atoms with E-state index in [2.05, 4.69) is 28.6 Å². The van der Waals surface area contributed by atoms with Gasteiger partial charge in [-0.15, -0.1) is 0 Å². The number of imidazole rings is 1. The van der Waals surface area contributed by atoms with Crippen molar-refractivity contribution in [2.45, 2.75) is 58.1 Å². The average molecular weight is 435 g/mol. The van der Waals surface area contributed by atoms with Gasteiger partial charge < -0.3 is 14.6 Å². The predicted molar refractivity (Wildman–Crippen MR) is 116 cm³/mol. The van der Waals surface area contributed by atoms with Gasteiger partial charge in [0.15, 0.2) is 17.4 Å². The third kappa shape index (κ3) is 5.06. The van der Waals surface area contributed by atoms with E-state index in [4.69, 9.17) is 9.72 Å². The molecule has 2 heterocycles. The Balaban J connectivity index is 1.42. The van der Waals surface area contributed by atoms with Gasteiger partial charge in [-0.1, -0.05) is 19.1 Å². The van der Waals surface area contributed by atoms with Crippen molar-refractivity contribution in [3.63, 3.8) is 0 Å². The number of halogens is 3. The molecule has 0 spiro atoms. The molecule has 1 aromatic carbocycles. The van der Waals surface area contributed by atoms with E-state index in [-0.39, 0.29) is 37.5 Å². The first-order valence-corrected chi connectivity index (χ1v) is 10.9. The van der Waals surface area contributed by atoms with Crippen LogP contribution in [0.1, 0.15) is 56.6 Å². The number of hydrogen-bond donors (Lipinski definition) is 1. The number of alkyl halides is 2. The molecule has 2 aliphatic rings. The number of rotatable bonds is 6. The zero-order valence-electron chi connectivity index (χ0n) is 18.0. The van der Waals surface area contributed by atoms with Crippen LogP contribution in [-0.4, -0.2) is 46.7 Å². The van der Waals surface area contributed by atoms with E-state index < -0.39 is 11.7 Å². The summed E-state index contributed by atoms with van der Waals surface area (Å²) in [6, 6.07) is 4.71. The van der Waals surface area contributed by atoms with Gasteiger partial charge in [-0.2, -0.15) is 0 Å². The van der Waals surface area contributed by atoms with Crippen LogP contribution in [0.25, 0.3) is 12.2 Å². The topological polar surface area (TPSA) is 44.4 Å². The molecule has 0 radical (unpaired) electrons. The van der Waals surface area contributed by atoms with Gasteiger partial charge in [0, 0.05) is 25.9 Å². The molecule has 0 unspecified atom stereocenters. The van der Waals surface area contributed by atoms with Crippen molar-refractivity contribution < 1.29 is 17.9 Å². The summed E-state index contributed by atoms with van der Waals surface area (Å²) in [5.41, 5.74) is 1.76. The second kappa shape index (κ2) is 8.94. The van der Waals surface area contributed by atoms with Crippen LogP contribution in [0.2, 0.25) is 0 Å². The first kappa shape index (κ1) is 21.7. The van der Waals surface area contributed by atoms with E-state index in [0.29, 0.717) is 5.56 Å². The second-order valence-electron chi connectivity index (χ2n) is 8.26. The lowest BCUT2D eigenvalue weighted by Crippen LogP contribution is -2.42. The number of anilines is 1. The van der Waals surface area contributed by atoms with E-state index in [0.717, 1.165) is 43.6 Å². The summed E-state index contributed by atoms with van der Waals surface area (Å²) in [5.74, 6) is -1.31. The Kier molecular flexibility index (Phi) is 6.27. The Labute approximate surface area is 180 Å². The van der Waals surface area contributed by atoms with Crippen molar-refractivity contribution in [3.8, 4) is 5.75 Å². The Hall–Kier alpha value is -2.48. The molecule has 2 aromatic rings. The SMILES string of the molecule is CCN1Cc2[nH]c(/C=C/c3ccc(OC4CCC(F)(F)CC4)c(F)c3)nc2N(CC)C1. The van der Waals surface area contributed by atoms with Crippen molar-refractivity contribution in [2.75, 3.05) is 24.7 Å². The Morgan fingerprint density at radius 2 is 1.97 bits per heavy atom. The number of fused-ring (bicyclic) bond motifs is 1. The maximum absolute atomic E-state index is 14.5. The first-order valence-electron chi connectivity index (χ1n) is 10.9. The molecule has 31 heavy (non-hydrogen) atoms. The number of H-pyrrole nitrogens is 1. The lowest BCUT2D eigenvalue weighted by Gasteiger charge is -2.34. The van der Waals surface area contributed by atoms with Crippen molar-refractivity contribution >= 4 is 18.0 Å². The van der Waals surface area contributed by atoms with E-state index >= 15 is 0 Å². The maximum atomic E-state index is 14.5. The molecule has 0 amide bonds. The Morgan fingerprint density at radius 1 is 1.19 bits per heavy atom. The minimum Gasteiger partial charge on any atom is -0.487 e. The predicted octanol–water partition coefficient (Wildman–Crippen LogP) is 5.30. The van der Waals surface area contributed by atoms with Crippen molar-refractivity contribution in [1.82, 2.24) is 14.9 Å². The fourth-order valence-corrected chi connectivity index (χ4v) is 4.12. The standard InChI is InChI=1S/C23H29F3N4O/c1-3-29-14-19-22(30(4-2)15-29)28-21(27-19)8-6-16-5-7-20(18(24)13-16)31-17-9-11-23(25,26)12-10-17/h5-8,13,17H,3-4,9-12,14-15H2,1-2H3,(H,27,28)/b8-6+. The van der Waals surface area contributed by atoms with Gasteiger partial charge in [0.1, 0.15) is 5.82 Å². The normalized spacial score (nSPS) is 19.7. The molecule has 0 saturated heterocycles. The Morgan fingerprint density at radius 3 is 2.65 bits per heavy atom.